The van der Waals surface area contributed by atoms with Crippen molar-refractivity contribution in [2.24, 2.45) is 0 Å². The number of para-hydroxylation sites is 1. The van der Waals surface area contributed by atoms with Gasteiger partial charge < -0.3 is 10.6 Å². The van der Waals surface area contributed by atoms with E-state index in [2.05, 4.69) is 20.9 Å². The average molecular weight is 418 g/mol. The van der Waals surface area contributed by atoms with Crippen LogP contribution in [0.5, 0.6) is 0 Å². The third kappa shape index (κ3) is 5.45. The van der Waals surface area contributed by atoms with E-state index in [0.717, 1.165) is 25.9 Å². The zero-order valence-corrected chi connectivity index (χ0v) is 16.2. The van der Waals surface area contributed by atoms with Crippen LogP contribution in [0, 0.1) is 6.92 Å². The molecule has 0 bridgehead atoms. The number of hydrogen-bond donors (Lipinski definition) is 2. The molecular formula is C18H23ClF3N5O. The summed E-state index contributed by atoms with van der Waals surface area (Å²) in [4.78, 5) is 12.6. The van der Waals surface area contributed by atoms with Crippen LogP contribution in [0.25, 0.3) is 0 Å². The molecule has 0 unspecified atom stereocenters. The van der Waals surface area contributed by atoms with Gasteiger partial charge in [-0.25, -0.2) is 4.68 Å². The lowest BCUT2D eigenvalue weighted by molar-refractivity contribution is -0.133. The molecule has 6 nitrogen and oxygen atoms in total. The molecule has 0 radical (unpaired) electrons. The third-order valence-electron chi connectivity index (χ3n) is 4.74. The van der Waals surface area contributed by atoms with Crippen LogP contribution in [0.4, 0.5) is 18.9 Å². The number of hydrogen-bond acceptors (Lipinski definition) is 4. The van der Waals surface area contributed by atoms with E-state index >= 15 is 0 Å². The molecule has 154 valence electrons. The molecule has 0 saturated carbocycles. The Morgan fingerprint density at radius 1 is 1.29 bits per heavy atom. The van der Waals surface area contributed by atoms with E-state index in [1.165, 1.54) is 0 Å². The normalized spacial score (nSPS) is 15.1. The second-order valence-corrected chi connectivity index (χ2v) is 6.68. The van der Waals surface area contributed by atoms with Crippen LogP contribution in [-0.2, 0) is 6.42 Å². The standard InChI is InChI=1S/C18H22F3N5O.ClH/c1-12-16(24-25-26(12)14-7-10-22-11-8-14)17(27)23-15-5-3-2-4-13(15)6-9-18(19,20)21;/h2-5,14,22H,6-11H2,1H3,(H,23,27);1H. The average Bonchev–Trinajstić information content (AvgIpc) is 3.02. The van der Waals surface area contributed by atoms with E-state index < -0.39 is 18.5 Å². The summed E-state index contributed by atoms with van der Waals surface area (Å²) in [6.07, 6.45) is -3.56. The van der Waals surface area contributed by atoms with Crippen molar-refractivity contribution >= 4 is 24.0 Å². The van der Waals surface area contributed by atoms with Crippen LogP contribution >= 0.6 is 12.4 Å². The number of halogens is 4. The molecular weight excluding hydrogens is 395 g/mol. The second-order valence-electron chi connectivity index (χ2n) is 6.68. The Labute approximate surface area is 167 Å². The molecule has 1 amide bonds. The fraction of sp³-hybridized carbons (Fsp3) is 0.500. The van der Waals surface area contributed by atoms with Crippen LogP contribution in [0.1, 0.15) is 47.1 Å². The van der Waals surface area contributed by atoms with Crippen molar-refractivity contribution in [1.29, 1.82) is 0 Å². The van der Waals surface area contributed by atoms with Gasteiger partial charge in [0.05, 0.1) is 11.7 Å². The zero-order chi connectivity index (χ0) is 19.4. The number of amides is 1. The van der Waals surface area contributed by atoms with Crippen molar-refractivity contribution in [3.8, 4) is 0 Å². The van der Waals surface area contributed by atoms with E-state index in [1.807, 2.05) is 0 Å². The fourth-order valence-corrected chi connectivity index (χ4v) is 3.27. The van der Waals surface area contributed by atoms with Gasteiger partial charge in [-0.3, -0.25) is 4.79 Å². The van der Waals surface area contributed by atoms with Crippen LogP contribution in [0.15, 0.2) is 24.3 Å². The SMILES string of the molecule is Cc1c(C(=O)Nc2ccccc2CCC(F)(F)F)nnn1C1CCNCC1.Cl. The van der Waals surface area contributed by atoms with Gasteiger partial charge >= 0.3 is 6.18 Å². The molecule has 1 aliphatic rings. The van der Waals surface area contributed by atoms with Crippen LogP contribution in [-0.4, -0.2) is 40.2 Å². The number of carbonyl (C=O) groups excluding carboxylic acids is 1. The molecule has 10 heteroatoms. The second kappa shape index (κ2) is 9.38. The molecule has 1 fully saturated rings. The van der Waals surface area contributed by atoms with E-state index in [4.69, 9.17) is 0 Å². The minimum absolute atomic E-state index is 0. The van der Waals surface area contributed by atoms with Gasteiger partial charge in [-0.2, -0.15) is 13.2 Å². The van der Waals surface area contributed by atoms with Gasteiger partial charge in [0.2, 0.25) is 0 Å². The summed E-state index contributed by atoms with van der Waals surface area (Å²) in [5.74, 6) is -0.466. The van der Waals surface area contributed by atoms with Crippen LogP contribution in [0.2, 0.25) is 0 Å². The Balaban J connectivity index is 0.00000280. The van der Waals surface area contributed by atoms with E-state index in [0.29, 0.717) is 16.9 Å². The van der Waals surface area contributed by atoms with Gasteiger partial charge in [0.25, 0.3) is 5.91 Å². The minimum Gasteiger partial charge on any atom is -0.320 e. The summed E-state index contributed by atoms with van der Waals surface area (Å²) in [6, 6.07) is 6.70. The molecule has 0 spiro atoms. The first-order valence-electron chi connectivity index (χ1n) is 8.93. The third-order valence-corrected chi connectivity index (χ3v) is 4.74. The number of aromatic nitrogens is 3. The van der Waals surface area contributed by atoms with Gasteiger partial charge in [-0.1, -0.05) is 23.4 Å². The number of anilines is 1. The first-order valence-corrected chi connectivity index (χ1v) is 8.93. The molecule has 3 rings (SSSR count). The zero-order valence-electron chi connectivity index (χ0n) is 15.4. The monoisotopic (exact) mass is 417 g/mol. The van der Waals surface area contributed by atoms with E-state index in [1.54, 1.807) is 35.9 Å². The number of aryl methyl sites for hydroxylation is 1. The number of alkyl halides is 3. The molecule has 1 aromatic carbocycles. The van der Waals surface area contributed by atoms with Gasteiger partial charge in [-0.15, -0.1) is 17.5 Å². The lowest BCUT2D eigenvalue weighted by atomic mass is 10.1. The van der Waals surface area contributed by atoms with Crippen LogP contribution in [0.3, 0.4) is 0 Å². The highest BCUT2D eigenvalue weighted by Gasteiger charge is 2.27. The number of nitrogens with one attached hydrogen (secondary N) is 2. The molecule has 28 heavy (non-hydrogen) atoms. The summed E-state index contributed by atoms with van der Waals surface area (Å²) in [5, 5.41) is 14.1. The molecule has 2 heterocycles. The maximum absolute atomic E-state index is 12.6. The highest BCUT2D eigenvalue weighted by molar-refractivity contribution is 6.03. The Kier molecular flexibility index (Phi) is 7.42. The minimum atomic E-state index is -4.24. The summed E-state index contributed by atoms with van der Waals surface area (Å²) in [7, 11) is 0. The number of rotatable bonds is 5. The highest BCUT2D eigenvalue weighted by Crippen LogP contribution is 2.26. The van der Waals surface area contributed by atoms with Gasteiger partial charge in [0.15, 0.2) is 5.69 Å². The summed E-state index contributed by atoms with van der Waals surface area (Å²) in [5.41, 5.74) is 1.65. The van der Waals surface area contributed by atoms with Gasteiger partial charge in [0, 0.05) is 12.1 Å². The van der Waals surface area contributed by atoms with Crippen molar-refractivity contribution in [3.05, 3.63) is 41.2 Å². The Morgan fingerprint density at radius 2 is 1.96 bits per heavy atom. The molecule has 0 aliphatic carbocycles. The maximum atomic E-state index is 12.6. The Hall–Kier alpha value is -2.13. The number of piperidine rings is 1. The van der Waals surface area contributed by atoms with E-state index in [-0.39, 0.29) is 30.6 Å². The predicted molar refractivity (Wildman–Crippen MR) is 102 cm³/mol. The van der Waals surface area contributed by atoms with Gasteiger partial charge in [0.1, 0.15) is 0 Å². The summed E-state index contributed by atoms with van der Waals surface area (Å²) >= 11 is 0. The number of nitrogens with zero attached hydrogens (tertiary/aromatic N) is 3. The smallest absolute Gasteiger partial charge is 0.320 e. The largest absolute Gasteiger partial charge is 0.389 e. The van der Waals surface area contributed by atoms with Crippen molar-refractivity contribution in [2.75, 3.05) is 18.4 Å². The van der Waals surface area contributed by atoms with E-state index in [9.17, 15) is 18.0 Å². The van der Waals surface area contributed by atoms with Gasteiger partial charge in [-0.05, 0) is 50.9 Å². The molecule has 1 aliphatic heterocycles. The topological polar surface area (TPSA) is 71.8 Å². The van der Waals surface area contributed by atoms with Crippen molar-refractivity contribution in [2.45, 2.75) is 44.8 Å². The van der Waals surface area contributed by atoms with Crippen molar-refractivity contribution in [3.63, 3.8) is 0 Å². The maximum Gasteiger partial charge on any atom is 0.389 e. The highest BCUT2D eigenvalue weighted by atomic mass is 35.5. The lowest BCUT2D eigenvalue weighted by Gasteiger charge is -2.23. The molecule has 1 aromatic heterocycles. The predicted octanol–water partition coefficient (Wildman–Crippen LogP) is 3.68. The molecule has 2 N–H and O–H groups in total. The Bertz CT molecular complexity index is 803. The first kappa shape index (κ1) is 22.2. The Morgan fingerprint density at radius 3 is 2.64 bits per heavy atom. The summed E-state index contributed by atoms with van der Waals surface area (Å²) < 4.78 is 39.3. The number of benzene rings is 1. The quantitative estimate of drug-likeness (QED) is 0.778. The summed E-state index contributed by atoms with van der Waals surface area (Å²) in [6.45, 7) is 3.56. The molecule has 2 aromatic rings. The molecule has 0 atom stereocenters. The van der Waals surface area contributed by atoms with Crippen molar-refractivity contribution < 1.29 is 18.0 Å². The molecule has 1 saturated heterocycles. The fourth-order valence-electron chi connectivity index (χ4n) is 3.27. The first-order chi connectivity index (χ1) is 12.8. The lowest BCUT2D eigenvalue weighted by Crippen LogP contribution is -2.30. The van der Waals surface area contributed by atoms with Crippen molar-refractivity contribution in [1.82, 2.24) is 20.3 Å². The number of carbonyl (C=O) groups is 1. The van der Waals surface area contributed by atoms with Crippen LogP contribution < -0.4 is 10.6 Å².